The van der Waals surface area contributed by atoms with E-state index in [0.29, 0.717) is 5.56 Å². The van der Waals surface area contributed by atoms with Gasteiger partial charge in [-0.1, -0.05) is 6.92 Å². The Morgan fingerprint density at radius 3 is 2.94 bits per heavy atom. The van der Waals surface area contributed by atoms with Crippen LogP contribution in [0.2, 0.25) is 0 Å². The second-order valence-electron chi connectivity index (χ2n) is 4.35. The van der Waals surface area contributed by atoms with Crippen molar-refractivity contribution in [2.75, 3.05) is 25.5 Å². The van der Waals surface area contributed by atoms with Crippen LogP contribution in [0.1, 0.15) is 34.1 Å². The summed E-state index contributed by atoms with van der Waals surface area (Å²) in [6.07, 6.45) is 2.11. The number of amides is 1. The molecule has 2 rings (SSSR count). The van der Waals surface area contributed by atoms with Gasteiger partial charge in [-0.3, -0.25) is 9.69 Å². The van der Waals surface area contributed by atoms with Gasteiger partial charge in [0, 0.05) is 25.0 Å². The van der Waals surface area contributed by atoms with E-state index in [-0.39, 0.29) is 5.91 Å². The Balaban J connectivity index is 2.31. The van der Waals surface area contributed by atoms with Crippen molar-refractivity contribution in [1.29, 1.82) is 0 Å². The first-order valence-corrected chi connectivity index (χ1v) is 6.83. The zero-order valence-electron chi connectivity index (χ0n) is 10.4. The van der Waals surface area contributed by atoms with E-state index in [2.05, 4.69) is 17.1 Å². The van der Waals surface area contributed by atoms with Crippen molar-refractivity contribution in [3.8, 4) is 0 Å². The fourth-order valence-electron chi connectivity index (χ4n) is 2.40. The highest BCUT2D eigenvalue weighted by Crippen LogP contribution is 2.36. The number of carbonyl (C=O) groups excluding carboxylic acids is 1. The van der Waals surface area contributed by atoms with E-state index in [1.54, 1.807) is 11.3 Å². The number of fused-ring (bicyclic) bond motifs is 1. The van der Waals surface area contributed by atoms with Crippen molar-refractivity contribution in [3.05, 3.63) is 16.0 Å². The molecule has 1 amide bonds. The number of nitrogens with one attached hydrogen (secondary N) is 1. The highest BCUT2D eigenvalue weighted by atomic mass is 32.1. The Morgan fingerprint density at radius 2 is 2.35 bits per heavy atom. The number of thiophene rings is 1. The molecule has 0 aromatic carbocycles. The average Bonchev–Trinajstić information content (AvgIpc) is 2.67. The summed E-state index contributed by atoms with van der Waals surface area (Å²) >= 11 is 1.67. The largest absolute Gasteiger partial charge is 0.379 e. The lowest BCUT2D eigenvalue weighted by molar-refractivity contribution is 0.1000. The minimum atomic E-state index is -0.309. The third kappa shape index (κ3) is 2.30. The van der Waals surface area contributed by atoms with Crippen molar-refractivity contribution in [2.24, 2.45) is 5.73 Å². The summed E-state index contributed by atoms with van der Waals surface area (Å²) in [6, 6.07) is 0. The van der Waals surface area contributed by atoms with Gasteiger partial charge in [0.05, 0.1) is 5.56 Å². The van der Waals surface area contributed by atoms with Gasteiger partial charge in [0.2, 0.25) is 0 Å². The van der Waals surface area contributed by atoms with E-state index in [1.165, 1.54) is 16.9 Å². The smallest absolute Gasteiger partial charge is 0.251 e. The molecule has 0 spiro atoms. The molecule has 2 heterocycles. The normalized spacial score (nSPS) is 15.6. The standard InChI is InChI=1S/C12H19N3OS/c1-3-5-15-6-4-8-9(7-15)17-12(14-2)10(8)11(13)16/h14H,3-7H2,1-2H3,(H2,13,16). The molecule has 0 bridgehead atoms. The van der Waals surface area contributed by atoms with Crippen LogP contribution in [-0.2, 0) is 13.0 Å². The molecule has 1 aliphatic heterocycles. The van der Waals surface area contributed by atoms with Crippen LogP contribution in [0.25, 0.3) is 0 Å². The summed E-state index contributed by atoms with van der Waals surface area (Å²) in [5.74, 6) is -0.309. The highest BCUT2D eigenvalue weighted by molar-refractivity contribution is 7.16. The van der Waals surface area contributed by atoms with Gasteiger partial charge >= 0.3 is 0 Å². The number of nitrogens with two attached hydrogens (primary N) is 1. The lowest BCUT2D eigenvalue weighted by Crippen LogP contribution is -2.31. The molecular formula is C12H19N3OS. The Hall–Kier alpha value is -1.07. The maximum Gasteiger partial charge on any atom is 0.251 e. The molecule has 0 unspecified atom stereocenters. The maximum atomic E-state index is 11.5. The number of anilines is 1. The number of carbonyl (C=O) groups is 1. The van der Waals surface area contributed by atoms with Crippen LogP contribution in [-0.4, -0.2) is 30.9 Å². The monoisotopic (exact) mass is 253 g/mol. The van der Waals surface area contributed by atoms with Gasteiger partial charge in [-0.25, -0.2) is 0 Å². The quantitative estimate of drug-likeness (QED) is 0.858. The minimum Gasteiger partial charge on any atom is -0.379 e. The molecule has 4 nitrogen and oxygen atoms in total. The predicted octanol–water partition coefficient (Wildman–Crippen LogP) is 1.66. The predicted molar refractivity (Wildman–Crippen MR) is 71.7 cm³/mol. The average molecular weight is 253 g/mol. The molecule has 0 aliphatic carbocycles. The van der Waals surface area contributed by atoms with Crippen LogP contribution in [0.4, 0.5) is 5.00 Å². The van der Waals surface area contributed by atoms with Gasteiger partial charge in [-0.05, 0) is 24.9 Å². The molecule has 0 atom stereocenters. The van der Waals surface area contributed by atoms with Gasteiger partial charge in [-0.2, -0.15) is 0 Å². The lowest BCUT2D eigenvalue weighted by atomic mass is 10.0. The van der Waals surface area contributed by atoms with E-state index in [1.807, 2.05) is 7.05 Å². The molecule has 5 heteroatoms. The van der Waals surface area contributed by atoms with E-state index in [4.69, 9.17) is 5.73 Å². The first-order valence-electron chi connectivity index (χ1n) is 6.01. The summed E-state index contributed by atoms with van der Waals surface area (Å²) < 4.78 is 0. The van der Waals surface area contributed by atoms with E-state index in [0.717, 1.165) is 31.1 Å². The SMILES string of the molecule is CCCN1CCc2c(sc(NC)c2C(N)=O)C1. The molecule has 17 heavy (non-hydrogen) atoms. The van der Waals surface area contributed by atoms with E-state index < -0.39 is 0 Å². The number of nitrogens with zero attached hydrogens (tertiary/aromatic N) is 1. The van der Waals surface area contributed by atoms with Crippen LogP contribution in [0.3, 0.4) is 0 Å². The van der Waals surface area contributed by atoms with Crippen molar-refractivity contribution < 1.29 is 4.79 Å². The summed E-state index contributed by atoms with van der Waals surface area (Å²) in [4.78, 5) is 15.2. The van der Waals surface area contributed by atoms with Gasteiger partial charge in [0.15, 0.2) is 0 Å². The van der Waals surface area contributed by atoms with Crippen molar-refractivity contribution in [1.82, 2.24) is 4.90 Å². The van der Waals surface area contributed by atoms with Crippen LogP contribution >= 0.6 is 11.3 Å². The first kappa shape index (κ1) is 12.4. The minimum absolute atomic E-state index is 0.309. The summed E-state index contributed by atoms with van der Waals surface area (Å²) in [5.41, 5.74) is 7.34. The van der Waals surface area contributed by atoms with Gasteiger partial charge in [0.25, 0.3) is 5.91 Å². The highest BCUT2D eigenvalue weighted by Gasteiger charge is 2.25. The molecule has 94 valence electrons. The molecule has 0 radical (unpaired) electrons. The van der Waals surface area contributed by atoms with Crippen LogP contribution < -0.4 is 11.1 Å². The Kier molecular flexibility index (Phi) is 3.69. The van der Waals surface area contributed by atoms with Crippen LogP contribution in [0.15, 0.2) is 0 Å². The van der Waals surface area contributed by atoms with Gasteiger partial charge in [-0.15, -0.1) is 11.3 Å². The second-order valence-corrected chi connectivity index (χ2v) is 5.45. The van der Waals surface area contributed by atoms with Crippen LogP contribution in [0.5, 0.6) is 0 Å². The first-order chi connectivity index (χ1) is 8.17. The van der Waals surface area contributed by atoms with E-state index >= 15 is 0 Å². The third-order valence-corrected chi connectivity index (χ3v) is 4.38. The van der Waals surface area contributed by atoms with Crippen molar-refractivity contribution >= 4 is 22.2 Å². The number of hydrogen-bond donors (Lipinski definition) is 2. The molecule has 1 aromatic rings. The molecule has 3 N–H and O–H groups in total. The summed E-state index contributed by atoms with van der Waals surface area (Å²) in [7, 11) is 1.84. The molecule has 1 aliphatic rings. The molecule has 0 fully saturated rings. The molecule has 1 aromatic heterocycles. The number of hydrogen-bond acceptors (Lipinski definition) is 4. The summed E-state index contributed by atoms with van der Waals surface area (Å²) in [5, 5.41) is 4.00. The van der Waals surface area contributed by atoms with E-state index in [9.17, 15) is 4.79 Å². The zero-order valence-corrected chi connectivity index (χ0v) is 11.2. The van der Waals surface area contributed by atoms with Gasteiger partial charge in [0.1, 0.15) is 5.00 Å². The maximum absolute atomic E-state index is 11.5. The summed E-state index contributed by atoms with van der Waals surface area (Å²) in [6.45, 7) is 5.30. The fourth-order valence-corrected chi connectivity index (χ4v) is 3.65. The Bertz CT molecular complexity index is 428. The van der Waals surface area contributed by atoms with Gasteiger partial charge < -0.3 is 11.1 Å². The van der Waals surface area contributed by atoms with Crippen LogP contribution in [0, 0.1) is 0 Å². The molecule has 0 saturated carbocycles. The fraction of sp³-hybridized carbons (Fsp3) is 0.583. The topological polar surface area (TPSA) is 58.4 Å². The number of rotatable bonds is 4. The molecule has 0 saturated heterocycles. The second kappa shape index (κ2) is 5.06. The molecular weight excluding hydrogens is 234 g/mol. The van der Waals surface area contributed by atoms with Crippen molar-refractivity contribution in [2.45, 2.75) is 26.3 Å². The lowest BCUT2D eigenvalue weighted by Gasteiger charge is -2.26. The van der Waals surface area contributed by atoms with Crippen molar-refractivity contribution in [3.63, 3.8) is 0 Å². The number of primary amides is 1. The third-order valence-electron chi connectivity index (χ3n) is 3.15. The zero-order chi connectivity index (χ0) is 12.4. The Labute approximate surface area is 106 Å². The Morgan fingerprint density at radius 1 is 1.59 bits per heavy atom.